The van der Waals surface area contributed by atoms with Crippen LogP contribution in [0.15, 0.2) is 62.7 Å². The highest BCUT2D eigenvalue weighted by Gasteiger charge is 2.08. The molecule has 6 nitrogen and oxygen atoms in total. The van der Waals surface area contributed by atoms with Crippen molar-refractivity contribution in [1.29, 1.82) is 0 Å². The third-order valence-electron chi connectivity index (χ3n) is 3.58. The van der Waals surface area contributed by atoms with Crippen LogP contribution in [0, 0.1) is 0 Å². The number of benzene rings is 2. The van der Waals surface area contributed by atoms with Gasteiger partial charge in [0.1, 0.15) is 17.0 Å². The second-order valence-corrected chi connectivity index (χ2v) is 7.14. The molecule has 8 heteroatoms. The summed E-state index contributed by atoms with van der Waals surface area (Å²) in [5.41, 5.74) is 3.94. The molecule has 0 saturated heterocycles. The summed E-state index contributed by atoms with van der Waals surface area (Å²) in [6, 6.07) is 13.0. The average molecular weight is 493 g/mol. The third kappa shape index (κ3) is 4.84. The zero-order valence-electron chi connectivity index (χ0n) is 14.3. The van der Waals surface area contributed by atoms with E-state index in [-0.39, 0.29) is 12.5 Å². The molecule has 0 fully saturated rings. The fourth-order valence-corrected chi connectivity index (χ4v) is 3.94. The topological polar surface area (TPSA) is 72.8 Å². The van der Waals surface area contributed by atoms with Crippen LogP contribution < -0.4 is 14.9 Å². The Morgan fingerprint density at radius 3 is 2.70 bits per heavy atom. The molecule has 3 aromatic rings. The predicted molar refractivity (Wildman–Crippen MR) is 111 cm³/mol. The molecule has 3 rings (SSSR count). The van der Waals surface area contributed by atoms with Crippen LogP contribution in [-0.4, -0.2) is 30.8 Å². The molecule has 0 saturated carbocycles. The van der Waals surface area contributed by atoms with Gasteiger partial charge in [0.25, 0.3) is 5.91 Å². The van der Waals surface area contributed by atoms with Crippen molar-refractivity contribution in [2.24, 2.45) is 5.10 Å². The minimum absolute atomic E-state index is 0.164. The lowest BCUT2D eigenvalue weighted by Crippen LogP contribution is -2.24. The van der Waals surface area contributed by atoms with E-state index >= 15 is 0 Å². The zero-order chi connectivity index (χ0) is 19.2. The molecule has 0 atom stereocenters. The van der Waals surface area contributed by atoms with Crippen molar-refractivity contribution in [3.05, 3.63) is 63.2 Å². The molecule has 0 unspecified atom stereocenters. The number of para-hydroxylation sites is 1. The van der Waals surface area contributed by atoms with E-state index in [0.717, 1.165) is 19.9 Å². The summed E-state index contributed by atoms with van der Waals surface area (Å²) >= 11 is 6.84. The van der Waals surface area contributed by atoms with Crippen molar-refractivity contribution < 1.29 is 14.3 Å². The van der Waals surface area contributed by atoms with Gasteiger partial charge in [-0.3, -0.25) is 9.78 Å². The van der Waals surface area contributed by atoms with Crippen LogP contribution in [0.1, 0.15) is 5.56 Å². The van der Waals surface area contributed by atoms with E-state index in [4.69, 9.17) is 9.47 Å². The summed E-state index contributed by atoms with van der Waals surface area (Å²) in [5, 5.41) is 4.90. The highest BCUT2D eigenvalue weighted by Crippen LogP contribution is 2.33. The Hall–Kier alpha value is -2.45. The number of aromatic nitrogens is 1. The van der Waals surface area contributed by atoms with Gasteiger partial charge in [0.15, 0.2) is 6.61 Å². The summed E-state index contributed by atoms with van der Waals surface area (Å²) in [7, 11) is 1.59. The van der Waals surface area contributed by atoms with Crippen LogP contribution in [0.3, 0.4) is 0 Å². The van der Waals surface area contributed by atoms with Gasteiger partial charge in [0.05, 0.1) is 22.3 Å². The molecule has 1 aromatic heterocycles. The van der Waals surface area contributed by atoms with Crippen molar-refractivity contribution in [1.82, 2.24) is 10.4 Å². The number of pyridine rings is 1. The lowest BCUT2D eigenvalue weighted by molar-refractivity contribution is -0.123. The van der Waals surface area contributed by atoms with Gasteiger partial charge in [0, 0.05) is 11.6 Å². The Kier molecular flexibility index (Phi) is 6.41. The quantitative estimate of drug-likeness (QED) is 0.411. The minimum atomic E-state index is -0.370. The predicted octanol–water partition coefficient (Wildman–Crippen LogP) is 4.30. The molecule has 0 aliphatic carbocycles. The number of ether oxygens (including phenoxy) is 2. The number of carbonyl (C=O) groups excluding carboxylic acids is 1. The van der Waals surface area contributed by atoms with Crippen LogP contribution in [0.5, 0.6) is 11.5 Å². The largest absolute Gasteiger partial charge is 0.494 e. The Labute approximate surface area is 172 Å². The number of fused-ring (bicyclic) bond motifs is 1. The number of carbonyl (C=O) groups is 1. The van der Waals surface area contributed by atoms with Gasteiger partial charge in [-0.15, -0.1) is 0 Å². The molecule has 0 spiro atoms. The first kappa shape index (κ1) is 19.3. The number of nitrogens with zero attached hydrogens (tertiary/aromatic N) is 2. The van der Waals surface area contributed by atoms with Gasteiger partial charge in [-0.1, -0.05) is 18.2 Å². The normalized spacial score (nSPS) is 10.9. The Morgan fingerprint density at radius 2 is 1.96 bits per heavy atom. The average Bonchev–Trinajstić information content (AvgIpc) is 2.66. The molecule has 2 aromatic carbocycles. The van der Waals surface area contributed by atoms with Crippen molar-refractivity contribution in [2.45, 2.75) is 0 Å². The number of halogens is 2. The number of hydrogen-bond donors (Lipinski definition) is 1. The van der Waals surface area contributed by atoms with Gasteiger partial charge in [-0.05, 0) is 61.7 Å². The highest BCUT2D eigenvalue weighted by molar-refractivity contribution is 9.11. The SMILES string of the molecule is COc1c(Br)cc(/C=N\NC(=O)COc2cccc3cccnc23)cc1Br. The molecule has 0 aliphatic heterocycles. The molecule has 27 heavy (non-hydrogen) atoms. The number of hydrazone groups is 1. The number of nitrogens with one attached hydrogen (secondary N) is 1. The monoisotopic (exact) mass is 491 g/mol. The Balaban J connectivity index is 1.59. The highest BCUT2D eigenvalue weighted by atomic mass is 79.9. The van der Waals surface area contributed by atoms with Crippen LogP contribution in [0.2, 0.25) is 0 Å². The molecule has 1 heterocycles. The second kappa shape index (κ2) is 8.96. The number of rotatable bonds is 6. The van der Waals surface area contributed by atoms with E-state index in [1.54, 1.807) is 19.4 Å². The van der Waals surface area contributed by atoms with Gasteiger partial charge >= 0.3 is 0 Å². The molecule has 0 radical (unpaired) electrons. The molecular formula is C19H15Br2N3O3. The summed E-state index contributed by atoms with van der Waals surface area (Å²) < 4.78 is 12.4. The first-order valence-corrected chi connectivity index (χ1v) is 9.48. The molecule has 138 valence electrons. The summed E-state index contributed by atoms with van der Waals surface area (Å²) in [5.74, 6) is 0.870. The maximum absolute atomic E-state index is 12.0. The smallest absolute Gasteiger partial charge is 0.277 e. The van der Waals surface area contributed by atoms with E-state index in [1.807, 2.05) is 36.4 Å². The van der Waals surface area contributed by atoms with E-state index in [9.17, 15) is 4.79 Å². The Morgan fingerprint density at radius 1 is 1.22 bits per heavy atom. The molecule has 0 aliphatic rings. The van der Waals surface area contributed by atoms with Crippen molar-refractivity contribution in [2.75, 3.05) is 13.7 Å². The van der Waals surface area contributed by atoms with Crippen LogP contribution in [-0.2, 0) is 4.79 Å². The lowest BCUT2D eigenvalue weighted by atomic mass is 10.2. The molecule has 1 N–H and O–H groups in total. The minimum Gasteiger partial charge on any atom is -0.494 e. The molecule has 1 amide bonds. The summed E-state index contributed by atoms with van der Waals surface area (Å²) in [6.45, 7) is -0.164. The zero-order valence-corrected chi connectivity index (χ0v) is 17.5. The van der Waals surface area contributed by atoms with E-state index < -0.39 is 0 Å². The Bertz CT molecular complexity index is 980. The van der Waals surface area contributed by atoms with Crippen molar-refractivity contribution in [3.8, 4) is 11.5 Å². The van der Waals surface area contributed by atoms with Crippen molar-refractivity contribution in [3.63, 3.8) is 0 Å². The van der Waals surface area contributed by atoms with Crippen LogP contribution in [0.25, 0.3) is 10.9 Å². The van der Waals surface area contributed by atoms with Gasteiger partial charge in [-0.2, -0.15) is 5.10 Å². The third-order valence-corrected chi connectivity index (χ3v) is 4.76. The van der Waals surface area contributed by atoms with Crippen LogP contribution >= 0.6 is 31.9 Å². The summed E-state index contributed by atoms with van der Waals surface area (Å²) in [6.07, 6.45) is 3.22. The van der Waals surface area contributed by atoms with Gasteiger partial charge < -0.3 is 9.47 Å². The van der Waals surface area contributed by atoms with E-state index in [2.05, 4.69) is 47.4 Å². The first-order chi connectivity index (χ1) is 13.1. The van der Waals surface area contributed by atoms with Crippen molar-refractivity contribution >= 4 is 54.9 Å². The molecular weight excluding hydrogens is 478 g/mol. The second-order valence-electron chi connectivity index (χ2n) is 5.43. The number of methoxy groups -OCH3 is 1. The van der Waals surface area contributed by atoms with E-state index in [1.165, 1.54) is 6.21 Å². The summed E-state index contributed by atoms with van der Waals surface area (Å²) in [4.78, 5) is 16.3. The fourth-order valence-electron chi connectivity index (χ4n) is 2.40. The van der Waals surface area contributed by atoms with E-state index in [0.29, 0.717) is 17.0 Å². The number of amides is 1. The maximum atomic E-state index is 12.0. The van der Waals surface area contributed by atoms with Gasteiger partial charge in [-0.25, -0.2) is 5.43 Å². The van der Waals surface area contributed by atoms with Gasteiger partial charge in [0.2, 0.25) is 0 Å². The van der Waals surface area contributed by atoms with Crippen LogP contribution in [0.4, 0.5) is 0 Å². The fraction of sp³-hybridized carbons (Fsp3) is 0.105. The number of hydrogen-bond acceptors (Lipinski definition) is 5. The first-order valence-electron chi connectivity index (χ1n) is 7.90. The lowest BCUT2D eigenvalue weighted by Gasteiger charge is -2.08. The standard InChI is InChI=1S/C19H15Br2N3O3/c1-26-19-14(20)8-12(9-15(19)21)10-23-24-17(25)11-27-16-6-2-4-13-5-3-7-22-18(13)16/h2-10H,11H2,1H3,(H,24,25)/b23-10-. The molecule has 0 bridgehead atoms. The maximum Gasteiger partial charge on any atom is 0.277 e.